The number of benzene rings is 1. The Balaban J connectivity index is 2.09. The minimum atomic E-state index is -0.251. The maximum absolute atomic E-state index is 13.3. The Hall–Kier alpha value is -1.81. The average Bonchev–Trinajstić information content (AvgIpc) is 2.41. The Morgan fingerprint density at radius 1 is 1.33 bits per heavy atom. The van der Waals surface area contributed by atoms with Gasteiger partial charge in [0.05, 0.1) is 5.69 Å². The molecule has 0 fully saturated rings. The number of rotatable bonds is 1. The Bertz CT molecular complexity index is 596. The molecule has 0 aliphatic carbocycles. The zero-order valence-corrected chi connectivity index (χ0v) is 10.2. The van der Waals surface area contributed by atoms with Crippen molar-refractivity contribution in [1.29, 1.82) is 0 Å². The second-order valence-corrected chi connectivity index (χ2v) is 4.55. The van der Waals surface area contributed by atoms with E-state index >= 15 is 0 Å². The molecular weight excluding hydrogens is 229 g/mol. The van der Waals surface area contributed by atoms with Crippen molar-refractivity contribution in [3.8, 4) is 11.4 Å². The number of hydrogen-bond donors (Lipinski definition) is 1. The van der Waals surface area contributed by atoms with E-state index in [9.17, 15) is 4.39 Å². The molecule has 3 rings (SSSR count). The SMILES string of the molecule is Cc1ccc(F)cc1-c1ncc2c(n1)CCNC2. The minimum Gasteiger partial charge on any atom is -0.312 e. The van der Waals surface area contributed by atoms with Crippen LogP contribution in [0.3, 0.4) is 0 Å². The molecule has 0 atom stereocenters. The van der Waals surface area contributed by atoms with Gasteiger partial charge in [0, 0.05) is 36.8 Å². The fourth-order valence-electron chi connectivity index (χ4n) is 2.20. The lowest BCUT2D eigenvalue weighted by Gasteiger charge is -2.16. The number of halogens is 1. The van der Waals surface area contributed by atoms with E-state index in [1.165, 1.54) is 12.1 Å². The van der Waals surface area contributed by atoms with Gasteiger partial charge >= 0.3 is 0 Å². The Morgan fingerprint density at radius 3 is 3.11 bits per heavy atom. The Kier molecular flexibility index (Phi) is 2.80. The van der Waals surface area contributed by atoms with Crippen LogP contribution in [0.5, 0.6) is 0 Å². The van der Waals surface area contributed by atoms with Crippen LogP contribution in [0.1, 0.15) is 16.8 Å². The van der Waals surface area contributed by atoms with E-state index in [-0.39, 0.29) is 5.82 Å². The quantitative estimate of drug-likeness (QED) is 0.834. The van der Waals surface area contributed by atoms with Crippen molar-refractivity contribution >= 4 is 0 Å². The summed E-state index contributed by atoms with van der Waals surface area (Å²) >= 11 is 0. The van der Waals surface area contributed by atoms with Crippen molar-refractivity contribution in [2.24, 2.45) is 0 Å². The van der Waals surface area contributed by atoms with Gasteiger partial charge in [0.25, 0.3) is 0 Å². The number of aryl methyl sites for hydroxylation is 1. The smallest absolute Gasteiger partial charge is 0.159 e. The van der Waals surface area contributed by atoms with Crippen molar-refractivity contribution in [3.05, 3.63) is 47.0 Å². The molecule has 1 aromatic carbocycles. The predicted molar refractivity (Wildman–Crippen MR) is 67.6 cm³/mol. The second kappa shape index (κ2) is 4.46. The highest BCUT2D eigenvalue weighted by Gasteiger charge is 2.13. The summed E-state index contributed by atoms with van der Waals surface area (Å²) in [7, 11) is 0. The molecule has 1 aliphatic heterocycles. The normalized spacial score (nSPS) is 14.3. The maximum Gasteiger partial charge on any atom is 0.159 e. The first-order chi connectivity index (χ1) is 8.74. The molecule has 0 amide bonds. The zero-order valence-electron chi connectivity index (χ0n) is 10.2. The summed E-state index contributed by atoms with van der Waals surface area (Å²) in [6.07, 6.45) is 2.74. The molecule has 1 aromatic heterocycles. The van der Waals surface area contributed by atoms with Crippen LogP contribution in [0.25, 0.3) is 11.4 Å². The van der Waals surface area contributed by atoms with Crippen LogP contribution < -0.4 is 5.32 Å². The van der Waals surface area contributed by atoms with Crippen molar-refractivity contribution in [2.75, 3.05) is 6.54 Å². The highest BCUT2D eigenvalue weighted by molar-refractivity contribution is 5.60. The van der Waals surface area contributed by atoms with E-state index in [0.717, 1.165) is 41.9 Å². The number of aromatic nitrogens is 2. The Labute approximate surface area is 105 Å². The fourth-order valence-corrected chi connectivity index (χ4v) is 2.20. The molecule has 92 valence electrons. The number of hydrogen-bond acceptors (Lipinski definition) is 3. The summed E-state index contributed by atoms with van der Waals surface area (Å²) in [4.78, 5) is 8.91. The van der Waals surface area contributed by atoms with Crippen LogP contribution in [-0.2, 0) is 13.0 Å². The number of fused-ring (bicyclic) bond motifs is 1. The van der Waals surface area contributed by atoms with Gasteiger partial charge in [0.2, 0.25) is 0 Å². The standard InChI is InChI=1S/C14H14FN3/c1-9-2-3-11(15)6-12(9)14-17-8-10-7-16-5-4-13(10)18-14/h2-3,6,8,16H,4-5,7H2,1H3. The van der Waals surface area contributed by atoms with Gasteiger partial charge in [-0.25, -0.2) is 14.4 Å². The highest BCUT2D eigenvalue weighted by atomic mass is 19.1. The lowest BCUT2D eigenvalue weighted by atomic mass is 10.1. The first-order valence-corrected chi connectivity index (χ1v) is 6.06. The van der Waals surface area contributed by atoms with E-state index in [4.69, 9.17) is 0 Å². The summed E-state index contributed by atoms with van der Waals surface area (Å²) in [6, 6.07) is 4.72. The van der Waals surface area contributed by atoms with E-state index in [0.29, 0.717) is 5.82 Å². The summed E-state index contributed by atoms with van der Waals surface area (Å²) in [5, 5.41) is 3.28. The maximum atomic E-state index is 13.3. The molecule has 2 aromatic rings. The van der Waals surface area contributed by atoms with Gasteiger partial charge in [-0.2, -0.15) is 0 Å². The summed E-state index contributed by atoms with van der Waals surface area (Å²) in [5.74, 6) is 0.367. The molecule has 0 unspecified atom stereocenters. The van der Waals surface area contributed by atoms with Gasteiger partial charge in [-0.3, -0.25) is 0 Å². The molecule has 0 bridgehead atoms. The third-order valence-corrected chi connectivity index (χ3v) is 3.25. The summed E-state index contributed by atoms with van der Waals surface area (Å²) in [5.41, 5.74) is 3.98. The first-order valence-electron chi connectivity index (χ1n) is 6.06. The predicted octanol–water partition coefficient (Wildman–Crippen LogP) is 2.24. The second-order valence-electron chi connectivity index (χ2n) is 4.55. The molecule has 4 heteroatoms. The monoisotopic (exact) mass is 243 g/mol. The van der Waals surface area contributed by atoms with Crippen LogP contribution in [-0.4, -0.2) is 16.5 Å². The van der Waals surface area contributed by atoms with Gasteiger partial charge in [-0.05, 0) is 24.6 Å². The molecule has 0 radical (unpaired) electrons. The van der Waals surface area contributed by atoms with Crippen LogP contribution >= 0.6 is 0 Å². The largest absolute Gasteiger partial charge is 0.312 e. The molecule has 0 spiro atoms. The molecule has 1 aliphatic rings. The van der Waals surface area contributed by atoms with E-state index in [1.54, 1.807) is 6.07 Å². The lowest BCUT2D eigenvalue weighted by molar-refractivity contribution is 0.624. The Morgan fingerprint density at radius 2 is 2.22 bits per heavy atom. The van der Waals surface area contributed by atoms with Crippen molar-refractivity contribution in [2.45, 2.75) is 19.9 Å². The lowest BCUT2D eigenvalue weighted by Crippen LogP contribution is -2.25. The molecular formula is C14H14FN3. The molecule has 0 saturated heterocycles. The fraction of sp³-hybridized carbons (Fsp3) is 0.286. The van der Waals surface area contributed by atoms with Gasteiger partial charge in [-0.15, -0.1) is 0 Å². The number of nitrogens with one attached hydrogen (secondary N) is 1. The van der Waals surface area contributed by atoms with E-state index in [2.05, 4.69) is 15.3 Å². The molecule has 18 heavy (non-hydrogen) atoms. The van der Waals surface area contributed by atoms with Gasteiger partial charge in [0.15, 0.2) is 5.82 Å². The first kappa shape index (κ1) is 11.3. The number of nitrogens with zero attached hydrogens (tertiary/aromatic N) is 2. The van der Waals surface area contributed by atoms with Crippen LogP contribution in [0.15, 0.2) is 24.4 Å². The zero-order chi connectivity index (χ0) is 12.5. The average molecular weight is 243 g/mol. The third kappa shape index (κ3) is 1.99. The van der Waals surface area contributed by atoms with Crippen molar-refractivity contribution < 1.29 is 4.39 Å². The highest BCUT2D eigenvalue weighted by Crippen LogP contribution is 2.22. The van der Waals surface area contributed by atoms with Crippen LogP contribution in [0.4, 0.5) is 4.39 Å². The van der Waals surface area contributed by atoms with E-state index < -0.39 is 0 Å². The third-order valence-electron chi connectivity index (χ3n) is 3.25. The topological polar surface area (TPSA) is 37.8 Å². The molecule has 2 heterocycles. The minimum absolute atomic E-state index is 0.251. The molecule has 0 saturated carbocycles. The van der Waals surface area contributed by atoms with Crippen molar-refractivity contribution in [1.82, 2.24) is 15.3 Å². The van der Waals surface area contributed by atoms with E-state index in [1.807, 2.05) is 13.1 Å². The van der Waals surface area contributed by atoms with Crippen LogP contribution in [0.2, 0.25) is 0 Å². The summed E-state index contributed by atoms with van der Waals surface area (Å²) in [6.45, 7) is 3.70. The van der Waals surface area contributed by atoms with Gasteiger partial charge in [0.1, 0.15) is 5.82 Å². The van der Waals surface area contributed by atoms with Gasteiger partial charge < -0.3 is 5.32 Å². The molecule has 3 nitrogen and oxygen atoms in total. The van der Waals surface area contributed by atoms with Gasteiger partial charge in [-0.1, -0.05) is 6.07 Å². The molecule has 1 N–H and O–H groups in total. The van der Waals surface area contributed by atoms with Crippen molar-refractivity contribution in [3.63, 3.8) is 0 Å². The van der Waals surface area contributed by atoms with Crippen LogP contribution in [0, 0.1) is 12.7 Å². The summed E-state index contributed by atoms with van der Waals surface area (Å²) < 4.78 is 13.3.